The summed E-state index contributed by atoms with van der Waals surface area (Å²) in [6.45, 7) is -2.50. The third kappa shape index (κ3) is 14.9. The summed E-state index contributed by atoms with van der Waals surface area (Å²) < 4.78 is 28.8. The highest BCUT2D eigenvalue weighted by atomic mass is 16.6. The number of hydrogen-bond acceptors (Lipinski definition) is 12. The molecule has 2 aromatic rings. The van der Waals surface area contributed by atoms with E-state index in [4.69, 9.17) is 28.4 Å². The highest BCUT2D eigenvalue weighted by Crippen LogP contribution is 2.04. The number of hydrogen-bond donors (Lipinski definition) is 0. The van der Waals surface area contributed by atoms with Gasteiger partial charge >= 0.3 is 35.8 Å². The molecule has 2 aromatic carbocycles. The molecule has 214 valence electrons. The van der Waals surface area contributed by atoms with Crippen molar-refractivity contribution in [1.82, 2.24) is 0 Å². The molecule has 0 spiro atoms. The highest BCUT2D eigenvalue weighted by molar-refractivity contribution is 5.80. The summed E-state index contributed by atoms with van der Waals surface area (Å²) in [6.07, 6.45) is 0.360. The molecule has 0 heterocycles. The van der Waals surface area contributed by atoms with E-state index in [0.29, 0.717) is 0 Å². The average Bonchev–Trinajstić information content (AvgIpc) is 2.97. The van der Waals surface area contributed by atoms with Crippen LogP contribution in [0.2, 0.25) is 0 Å². The molecule has 2 rings (SSSR count). The summed E-state index contributed by atoms with van der Waals surface area (Å²) in [4.78, 5) is 69.9. The summed E-state index contributed by atoms with van der Waals surface area (Å²) >= 11 is 0. The molecular formula is C28H30O12. The summed E-state index contributed by atoms with van der Waals surface area (Å²) in [6, 6.07) is 17.9. The van der Waals surface area contributed by atoms with E-state index in [2.05, 4.69) is 0 Å². The molecule has 0 atom stereocenters. The smallest absolute Gasteiger partial charge is 0.344 e. The van der Waals surface area contributed by atoms with Crippen molar-refractivity contribution >= 4 is 35.8 Å². The molecule has 0 unspecified atom stereocenters. The van der Waals surface area contributed by atoms with E-state index >= 15 is 0 Å². The lowest BCUT2D eigenvalue weighted by atomic mass is 10.2. The maximum atomic E-state index is 11.7. The Balaban J connectivity index is 1.44. The second kappa shape index (κ2) is 18.5. The Hall–Kier alpha value is -4.74. The van der Waals surface area contributed by atoms with Crippen molar-refractivity contribution in [2.75, 3.05) is 26.4 Å². The Morgan fingerprint density at radius 3 is 1.05 bits per heavy atom. The Kier molecular flexibility index (Phi) is 14.6. The predicted molar refractivity (Wildman–Crippen MR) is 135 cm³/mol. The molecule has 40 heavy (non-hydrogen) atoms. The van der Waals surface area contributed by atoms with Gasteiger partial charge in [0.05, 0.1) is 0 Å². The van der Waals surface area contributed by atoms with Gasteiger partial charge in [-0.2, -0.15) is 0 Å². The fourth-order valence-corrected chi connectivity index (χ4v) is 2.88. The minimum absolute atomic E-state index is 0.0375. The van der Waals surface area contributed by atoms with Gasteiger partial charge in [0.15, 0.2) is 26.4 Å². The zero-order valence-electron chi connectivity index (χ0n) is 21.7. The van der Waals surface area contributed by atoms with E-state index in [9.17, 15) is 28.8 Å². The van der Waals surface area contributed by atoms with Crippen LogP contribution in [0.4, 0.5) is 0 Å². The van der Waals surface area contributed by atoms with Gasteiger partial charge < -0.3 is 28.4 Å². The van der Waals surface area contributed by atoms with Crippen molar-refractivity contribution in [3.05, 3.63) is 71.8 Å². The monoisotopic (exact) mass is 558 g/mol. The molecule has 0 radical (unpaired) electrons. The van der Waals surface area contributed by atoms with Crippen molar-refractivity contribution in [3.8, 4) is 0 Å². The van der Waals surface area contributed by atoms with Crippen molar-refractivity contribution in [1.29, 1.82) is 0 Å². The van der Waals surface area contributed by atoms with Crippen LogP contribution in [0.3, 0.4) is 0 Å². The molecule has 0 fully saturated rings. The average molecular weight is 559 g/mol. The summed E-state index contributed by atoms with van der Waals surface area (Å²) in [5, 5.41) is 0. The molecule has 0 aliphatic rings. The van der Waals surface area contributed by atoms with Crippen LogP contribution in [0, 0.1) is 0 Å². The van der Waals surface area contributed by atoms with Crippen molar-refractivity contribution < 1.29 is 57.2 Å². The Labute approximate surface area is 230 Å². The lowest BCUT2D eigenvalue weighted by Crippen LogP contribution is -2.21. The number of carbonyl (C=O) groups is 6. The Bertz CT molecular complexity index is 1030. The van der Waals surface area contributed by atoms with Gasteiger partial charge in [-0.15, -0.1) is 0 Å². The van der Waals surface area contributed by atoms with Crippen molar-refractivity contribution in [2.24, 2.45) is 0 Å². The van der Waals surface area contributed by atoms with Gasteiger partial charge in [-0.3, -0.25) is 9.59 Å². The van der Waals surface area contributed by atoms with Crippen LogP contribution >= 0.6 is 0 Å². The maximum Gasteiger partial charge on any atom is 0.344 e. The van der Waals surface area contributed by atoms with Crippen molar-refractivity contribution in [3.63, 3.8) is 0 Å². The van der Waals surface area contributed by atoms with Gasteiger partial charge in [-0.25, -0.2) is 19.2 Å². The molecule has 0 aliphatic carbocycles. The molecule has 0 aromatic heterocycles. The Morgan fingerprint density at radius 2 is 0.700 bits per heavy atom. The fraction of sp³-hybridized carbons (Fsp3) is 0.357. The predicted octanol–water partition coefficient (Wildman–Crippen LogP) is 2.21. The number of ether oxygens (including phenoxy) is 6. The fourth-order valence-electron chi connectivity index (χ4n) is 2.88. The summed E-state index contributed by atoms with van der Waals surface area (Å²) in [5.74, 6) is -4.70. The topological polar surface area (TPSA) is 158 Å². The van der Waals surface area contributed by atoms with Crippen LogP contribution in [0.25, 0.3) is 0 Å². The zero-order valence-corrected chi connectivity index (χ0v) is 21.7. The molecule has 12 heteroatoms. The van der Waals surface area contributed by atoms with Crippen LogP contribution < -0.4 is 0 Å². The van der Waals surface area contributed by atoms with E-state index in [-0.39, 0.29) is 38.9 Å². The second-order valence-corrected chi connectivity index (χ2v) is 8.14. The van der Waals surface area contributed by atoms with Gasteiger partial charge in [0.2, 0.25) is 0 Å². The first-order valence-corrected chi connectivity index (χ1v) is 12.3. The third-order valence-electron chi connectivity index (χ3n) is 4.90. The first-order chi connectivity index (χ1) is 19.3. The van der Waals surface area contributed by atoms with Gasteiger partial charge in [0, 0.05) is 12.8 Å². The Morgan fingerprint density at radius 1 is 0.400 bits per heavy atom. The zero-order chi connectivity index (χ0) is 29.0. The highest BCUT2D eigenvalue weighted by Gasteiger charge is 2.14. The van der Waals surface area contributed by atoms with Crippen LogP contribution in [-0.4, -0.2) is 62.2 Å². The summed E-state index contributed by atoms with van der Waals surface area (Å²) in [5.41, 5.74) is 1.56. The standard InChI is InChI=1S/C28H30O12/c29-23(37-17-27(33)39-19-25(31)35-15-21-9-3-1-4-10-21)13-7-8-14-24(30)38-18-28(34)40-20-26(32)36-16-22-11-5-2-6-12-22/h1-6,9-12H,7-8,13-20H2. The SMILES string of the molecule is O=C(CCCCC(=O)OCC(=O)OCC(=O)OCc1ccccc1)OCC(=O)OCC(=O)OCc1ccccc1. The van der Waals surface area contributed by atoms with Crippen LogP contribution in [0.5, 0.6) is 0 Å². The number of rotatable bonds is 17. The number of benzene rings is 2. The second-order valence-electron chi connectivity index (χ2n) is 8.14. The largest absolute Gasteiger partial charge is 0.458 e. The normalized spacial score (nSPS) is 10.1. The molecule has 0 bridgehead atoms. The van der Waals surface area contributed by atoms with Gasteiger partial charge in [0.25, 0.3) is 0 Å². The third-order valence-corrected chi connectivity index (χ3v) is 4.90. The van der Waals surface area contributed by atoms with E-state index < -0.39 is 62.2 Å². The van der Waals surface area contributed by atoms with Crippen LogP contribution in [0.1, 0.15) is 36.8 Å². The van der Waals surface area contributed by atoms with E-state index in [0.717, 1.165) is 11.1 Å². The molecule has 0 N–H and O–H groups in total. The molecular weight excluding hydrogens is 528 g/mol. The van der Waals surface area contributed by atoms with E-state index in [1.54, 1.807) is 48.5 Å². The molecule has 0 saturated carbocycles. The summed E-state index contributed by atoms with van der Waals surface area (Å²) in [7, 11) is 0. The lowest BCUT2D eigenvalue weighted by Gasteiger charge is -2.08. The lowest BCUT2D eigenvalue weighted by molar-refractivity contribution is -0.165. The molecule has 0 aliphatic heterocycles. The van der Waals surface area contributed by atoms with E-state index in [1.807, 2.05) is 12.1 Å². The van der Waals surface area contributed by atoms with Crippen molar-refractivity contribution in [2.45, 2.75) is 38.9 Å². The quantitative estimate of drug-likeness (QED) is 0.159. The van der Waals surface area contributed by atoms with Gasteiger partial charge in [0.1, 0.15) is 13.2 Å². The molecule has 0 amide bonds. The number of unbranched alkanes of at least 4 members (excludes halogenated alkanes) is 1. The molecule has 12 nitrogen and oxygen atoms in total. The first-order valence-electron chi connectivity index (χ1n) is 12.3. The molecule has 0 saturated heterocycles. The minimum Gasteiger partial charge on any atom is -0.458 e. The first kappa shape index (κ1) is 31.5. The number of carbonyl (C=O) groups excluding carboxylic acids is 6. The minimum atomic E-state index is -0.912. The number of esters is 6. The van der Waals surface area contributed by atoms with Gasteiger partial charge in [-0.1, -0.05) is 60.7 Å². The van der Waals surface area contributed by atoms with E-state index in [1.165, 1.54) is 0 Å². The van der Waals surface area contributed by atoms with Crippen LogP contribution in [-0.2, 0) is 70.4 Å². The van der Waals surface area contributed by atoms with Gasteiger partial charge in [-0.05, 0) is 24.0 Å². The maximum absolute atomic E-state index is 11.7. The van der Waals surface area contributed by atoms with Crippen LogP contribution in [0.15, 0.2) is 60.7 Å².